The molecule has 0 aromatic rings. The van der Waals surface area contributed by atoms with Gasteiger partial charge in [-0.3, -0.25) is 0 Å². The first-order chi connectivity index (χ1) is 10.3. The lowest BCUT2D eigenvalue weighted by Crippen LogP contribution is -2.46. The summed E-state index contributed by atoms with van der Waals surface area (Å²) in [6, 6.07) is 0.518. The second kappa shape index (κ2) is 9.36. The van der Waals surface area contributed by atoms with Crippen molar-refractivity contribution in [2.24, 2.45) is 0 Å². The number of rotatable bonds is 7. The monoisotopic (exact) mass is 314 g/mol. The lowest BCUT2D eigenvalue weighted by molar-refractivity contribution is 0.0198. The molecule has 0 spiro atoms. The Labute approximate surface area is 135 Å². The fourth-order valence-corrected chi connectivity index (χ4v) is 2.44. The summed E-state index contributed by atoms with van der Waals surface area (Å²) in [5.41, 5.74) is -0.412. The number of piperidine rings is 1. The van der Waals surface area contributed by atoms with Gasteiger partial charge >= 0.3 is 6.09 Å². The summed E-state index contributed by atoms with van der Waals surface area (Å²) in [5, 5.41) is 3.58. The van der Waals surface area contributed by atoms with E-state index in [2.05, 4.69) is 19.2 Å². The second-order valence-corrected chi connectivity index (χ2v) is 7.32. The van der Waals surface area contributed by atoms with E-state index in [0.29, 0.717) is 12.1 Å². The molecule has 1 saturated heterocycles. The third kappa shape index (κ3) is 8.59. The zero-order chi connectivity index (χ0) is 16.6. The van der Waals surface area contributed by atoms with E-state index >= 15 is 0 Å². The molecule has 1 fully saturated rings. The molecular weight excluding hydrogens is 280 g/mol. The van der Waals surface area contributed by atoms with Crippen molar-refractivity contribution in [2.75, 3.05) is 26.2 Å². The van der Waals surface area contributed by atoms with E-state index in [-0.39, 0.29) is 6.09 Å². The van der Waals surface area contributed by atoms with Crippen LogP contribution in [0.3, 0.4) is 0 Å². The molecule has 1 rings (SSSR count). The highest BCUT2D eigenvalue weighted by molar-refractivity contribution is 5.68. The maximum Gasteiger partial charge on any atom is 0.410 e. The van der Waals surface area contributed by atoms with Crippen molar-refractivity contribution in [1.82, 2.24) is 10.2 Å². The molecule has 5 heteroatoms. The number of unbranched alkanes of at least 4 members (excludes halogenated alkanes) is 1. The zero-order valence-corrected chi connectivity index (χ0v) is 15.0. The van der Waals surface area contributed by atoms with Crippen LogP contribution in [0.1, 0.15) is 60.3 Å². The number of amides is 1. The number of carbonyl (C=O) groups excluding carboxylic acids is 1. The highest BCUT2D eigenvalue weighted by Crippen LogP contribution is 2.15. The fraction of sp³-hybridized carbons (Fsp3) is 0.941. The van der Waals surface area contributed by atoms with Gasteiger partial charge in [0.25, 0.3) is 0 Å². The van der Waals surface area contributed by atoms with Crippen molar-refractivity contribution in [3.8, 4) is 0 Å². The quantitative estimate of drug-likeness (QED) is 0.733. The Balaban J connectivity index is 2.09. The maximum absolute atomic E-state index is 12.0. The fourth-order valence-electron chi connectivity index (χ4n) is 2.44. The van der Waals surface area contributed by atoms with Crippen LogP contribution in [0, 0.1) is 0 Å². The van der Waals surface area contributed by atoms with Crippen LogP contribution >= 0.6 is 0 Å². The summed E-state index contributed by atoms with van der Waals surface area (Å²) in [6.45, 7) is 13.3. The number of ether oxygens (including phenoxy) is 2. The first kappa shape index (κ1) is 19.2. The SMILES string of the molecule is CC(C)OCCCCNC1CCN(C(=O)OC(C)(C)C)CC1. The van der Waals surface area contributed by atoms with Gasteiger partial charge in [0.15, 0.2) is 0 Å². The molecule has 1 amide bonds. The summed E-state index contributed by atoms with van der Waals surface area (Å²) in [6.07, 6.45) is 4.38. The summed E-state index contributed by atoms with van der Waals surface area (Å²) in [7, 11) is 0. The molecule has 0 aromatic heterocycles. The number of likely N-dealkylation sites (tertiary alicyclic amines) is 1. The first-order valence-electron chi connectivity index (χ1n) is 8.61. The molecule has 0 bridgehead atoms. The average Bonchev–Trinajstić information content (AvgIpc) is 2.41. The summed E-state index contributed by atoms with van der Waals surface area (Å²) in [5.74, 6) is 0. The maximum atomic E-state index is 12.0. The molecule has 1 N–H and O–H groups in total. The van der Waals surface area contributed by atoms with Gasteiger partial charge in [-0.05, 0) is 66.8 Å². The third-order valence-electron chi connectivity index (χ3n) is 3.60. The summed E-state index contributed by atoms with van der Waals surface area (Å²) < 4.78 is 10.9. The van der Waals surface area contributed by atoms with Gasteiger partial charge in [0, 0.05) is 25.7 Å². The normalized spacial score (nSPS) is 17.1. The summed E-state index contributed by atoms with van der Waals surface area (Å²) >= 11 is 0. The van der Waals surface area contributed by atoms with Crippen molar-refractivity contribution in [3.05, 3.63) is 0 Å². The molecule has 1 aliphatic rings. The lowest BCUT2D eigenvalue weighted by atomic mass is 10.1. The molecular formula is C17H34N2O3. The van der Waals surface area contributed by atoms with Gasteiger partial charge in [-0.25, -0.2) is 4.79 Å². The number of hydrogen-bond acceptors (Lipinski definition) is 4. The van der Waals surface area contributed by atoms with E-state index in [1.54, 1.807) is 0 Å². The minimum Gasteiger partial charge on any atom is -0.444 e. The Bertz CT molecular complexity index is 318. The van der Waals surface area contributed by atoms with E-state index in [1.807, 2.05) is 25.7 Å². The number of carbonyl (C=O) groups is 1. The van der Waals surface area contributed by atoms with Crippen LogP contribution in [0.4, 0.5) is 4.79 Å². The molecule has 0 saturated carbocycles. The van der Waals surface area contributed by atoms with Gasteiger partial charge in [0.05, 0.1) is 6.10 Å². The van der Waals surface area contributed by atoms with E-state index in [4.69, 9.17) is 9.47 Å². The van der Waals surface area contributed by atoms with Gasteiger partial charge in [0.1, 0.15) is 5.60 Å². The molecule has 0 aliphatic carbocycles. The van der Waals surface area contributed by atoms with Gasteiger partial charge in [-0.2, -0.15) is 0 Å². The van der Waals surface area contributed by atoms with E-state index in [1.165, 1.54) is 0 Å². The molecule has 1 aliphatic heterocycles. The van der Waals surface area contributed by atoms with Crippen LogP contribution in [0.25, 0.3) is 0 Å². The molecule has 0 radical (unpaired) electrons. The smallest absolute Gasteiger partial charge is 0.410 e. The molecule has 0 atom stereocenters. The van der Waals surface area contributed by atoms with Crippen molar-refractivity contribution in [2.45, 2.75) is 78.0 Å². The zero-order valence-electron chi connectivity index (χ0n) is 15.0. The van der Waals surface area contributed by atoms with Crippen LogP contribution in [0.2, 0.25) is 0 Å². The van der Waals surface area contributed by atoms with Crippen molar-refractivity contribution < 1.29 is 14.3 Å². The number of nitrogens with one attached hydrogen (secondary N) is 1. The van der Waals surface area contributed by atoms with Crippen molar-refractivity contribution in [3.63, 3.8) is 0 Å². The van der Waals surface area contributed by atoms with Crippen LogP contribution in [-0.2, 0) is 9.47 Å². The van der Waals surface area contributed by atoms with E-state index < -0.39 is 5.60 Å². The van der Waals surface area contributed by atoms with Gasteiger partial charge < -0.3 is 19.7 Å². The van der Waals surface area contributed by atoms with Crippen molar-refractivity contribution >= 4 is 6.09 Å². The highest BCUT2D eigenvalue weighted by Gasteiger charge is 2.26. The van der Waals surface area contributed by atoms with Gasteiger partial charge in [-0.1, -0.05) is 0 Å². The predicted molar refractivity (Wildman–Crippen MR) is 89.2 cm³/mol. The Hall–Kier alpha value is -0.810. The number of hydrogen-bond donors (Lipinski definition) is 1. The van der Waals surface area contributed by atoms with E-state index in [9.17, 15) is 4.79 Å². The van der Waals surface area contributed by atoms with Crippen molar-refractivity contribution in [1.29, 1.82) is 0 Å². The van der Waals surface area contributed by atoms with E-state index in [0.717, 1.165) is 51.9 Å². The Morgan fingerprint density at radius 3 is 2.41 bits per heavy atom. The van der Waals surface area contributed by atoms with Crippen LogP contribution < -0.4 is 5.32 Å². The Kier molecular flexibility index (Phi) is 8.18. The average molecular weight is 314 g/mol. The van der Waals surface area contributed by atoms with Crippen LogP contribution in [0.15, 0.2) is 0 Å². The molecule has 0 aromatic carbocycles. The first-order valence-corrected chi connectivity index (χ1v) is 8.61. The summed E-state index contributed by atoms with van der Waals surface area (Å²) in [4.78, 5) is 13.8. The standard InChI is InChI=1S/C17H34N2O3/c1-14(2)21-13-7-6-10-18-15-8-11-19(12-9-15)16(20)22-17(3,4)5/h14-15,18H,6-13H2,1-5H3. The molecule has 0 unspecified atom stereocenters. The van der Waals surface area contributed by atoms with Gasteiger partial charge in [0.2, 0.25) is 0 Å². The molecule has 5 nitrogen and oxygen atoms in total. The Morgan fingerprint density at radius 1 is 1.23 bits per heavy atom. The van der Waals surface area contributed by atoms with Gasteiger partial charge in [-0.15, -0.1) is 0 Å². The third-order valence-corrected chi connectivity index (χ3v) is 3.60. The second-order valence-electron chi connectivity index (χ2n) is 7.32. The highest BCUT2D eigenvalue weighted by atomic mass is 16.6. The lowest BCUT2D eigenvalue weighted by Gasteiger charge is -2.33. The predicted octanol–water partition coefficient (Wildman–Crippen LogP) is 3.18. The topological polar surface area (TPSA) is 50.8 Å². The van der Waals surface area contributed by atoms with Crippen LogP contribution in [0.5, 0.6) is 0 Å². The number of nitrogens with zero attached hydrogens (tertiary/aromatic N) is 1. The van der Waals surface area contributed by atoms with Crippen LogP contribution in [-0.4, -0.2) is 55.0 Å². The minimum absolute atomic E-state index is 0.184. The minimum atomic E-state index is -0.412. The molecule has 1 heterocycles. The largest absolute Gasteiger partial charge is 0.444 e. The molecule has 22 heavy (non-hydrogen) atoms. The Morgan fingerprint density at radius 2 is 1.86 bits per heavy atom. The molecule has 130 valence electrons.